The molecule has 1 heterocycles. The van der Waals surface area contributed by atoms with Crippen LogP contribution in [0, 0.1) is 0 Å². The Bertz CT molecular complexity index is 1030. The molecule has 0 unspecified atom stereocenters. The number of rotatable bonds is 4. The molecule has 2 aromatic carbocycles. The van der Waals surface area contributed by atoms with Crippen LogP contribution >= 0.6 is 11.6 Å². The number of carbonyl (C=O) groups is 1. The van der Waals surface area contributed by atoms with E-state index in [-0.39, 0.29) is 5.56 Å². The summed E-state index contributed by atoms with van der Waals surface area (Å²) in [5.41, 5.74) is 0.220. The summed E-state index contributed by atoms with van der Waals surface area (Å²) in [5.74, 6) is -0.493. The van der Waals surface area contributed by atoms with Crippen molar-refractivity contribution in [1.82, 2.24) is 4.57 Å². The Labute approximate surface area is 157 Å². The highest BCUT2D eigenvalue weighted by Crippen LogP contribution is 2.29. The van der Waals surface area contributed by atoms with Crippen molar-refractivity contribution < 1.29 is 18.0 Å². The number of carbonyl (C=O) groups excluding carboxylic acids is 1. The minimum atomic E-state index is -4.67. The Morgan fingerprint density at radius 3 is 2.15 bits per heavy atom. The van der Waals surface area contributed by atoms with Gasteiger partial charge in [0.05, 0.1) is 12.1 Å². The lowest BCUT2D eigenvalue weighted by atomic mass is 10.0. The maximum atomic E-state index is 12.9. The Kier molecular flexibility index (Phi) is 5.19. The zero-order valence-electron chi connectivity index (χ0n) is 13.8. The lowest BCUT2D eigenvalue weighted by Gasteiger charge is -2.11. The van der Waals surface area contributed by atoms with Gasteiger partial charge in [0.25, 0.3) is 5.56 Å². The van der Waals surface area contributed by atoms with Crippen LogP contribution in [0.25, 0.3) is 11.1 Å². The number of hydrogen-bond donors (Lipinski definition) is 0. The van der Waals surface area contributed by atoms with Crippen LogP contribution in [-0.4, -0.2) is 10.4 Å². The molecule has 3 aromatic rings. The topological polar surface area (TPSA) is 39.1 Å². The number of nitrogens with zero attached hydrogens (tertiary/aromatic N) is 1. The van der Waals surface area contributed by atoms with Crippen molar-refractivity contribution in [3.8, 4) is 11.1 Å². The number of halogens is 4. The van der Waals surface area contributed by atoms with E-state index in [1.54, 1.807) is 24.3 Å². The molecule has 0 aliphatic carbocycles. The van der Waals surface area contributed by atoms with Crippen molar-refractivity contribution in [2.75, 3.05) is 0 Å². The third-order valence-corrected chi connectivity index (χ3v) is 4.27. The van der Waals surface area contributed by atoms with Crippen LogP contribution in [-0.2, 0) is 12.7 Å². The van der Waals surface area contributed by atoms with Gasteiger partial charge in [0.1, 0.15) is 5.02 Å². The minimum absolute atomic E-state index is 0.287. The third-order valence-electron chi connectivity index (χ3n) is 4.00. The van der Waals surface area contributed by atoms with Crippen LogP contribution in [0.5, 0.6) is 0 Å². The lowest BCUT2D eigenvalue weighted by molar-refractivity contribution is -0.138. The molecule has 0 fully saturated rings. The Morgan fingerprint density at radius 1 is 0.963 bits per heavy atom. The normalized spacial score (nSPS) is 11.4. The van der Waals surface area contributed by atoms with Gasteiger partial charge < -0.3 is 4.57 Å². The van der Waals surface area contributed by atoms with E-state index in [4.69, 9.17) is 11.6 Å². The number of benzene rings is 2. The minimum Gasteiger partial charge on any atom is -0.306 e. The number of aromatic nitrogens is 1. The van der Waals surface area contributed by atoms with Crippen LogP contribution < -0.4 is 5.56 Å². The molecule has 0 N–H and O–H groups in total. The van der Waals surface area contributed by atoms with Crippen molar-refractivity contribution in [2.45, 2.75) is 12.7 Å². The first-order valence-electron chi connectivity index (χ1n) is 7.91. The number of ketones is 1. The number of hydrogen-bond acceptors (Lipinski definition) is 2. The predicted octanol–water partition coefficient (Wildman–Crippen LogP) is 5.07. The van der Waals surface area contributed by atoms with Crippen LogP contribution in [0.3, 0.4) is 0 Å². The van der Waals surface area contributed by atoms with Gasteiger partial charge in [-0.25, -0.2) is 0 Å². The second-order valence-electron chi connectivity index (χ2n) is 5.87. The maximum absolute atomic E-state index is 12.9. The molecule has 0 saturated heterocycles. The van der Waals surface area contributed by atoms with Gasteiger partial charge in [-0.15, -0.1) is 0 Å². The molecule has 0 radical (unpaired) electrons. The molecule has 0 bridgehead atoms. The van der Waals surface area contributed by atoms with E-state index in [0.717, 1.165) is 11.1 Å². The van der Waals surface area contributed by atoms with Crippen molar-refractivity contribution >= 4 is 17.4 Å². The summed E-state index contributed by atoms with van der Waals surface area (Å²) in [6.45, 7) is -0.535. The molecule has 138 valence electrons. The van der Waals surface area contributed by atoms with E-state index >= 15 is 0 Å². The summed E-state index contributed by atoms with van der Waals surface area (Å²) in [5, 5.41) is -0.586. The molecule has 3 nitrogen and oxygen atoms in total. The fraction of sp³-hybridized carbons (Fsp3) is 0.100. The summed E-state index contributed by atoms with van der Waals surface area (Å²) < 4.78 is 39.3. The zero-order chi connectivity index (χ0) is 19.6. The van der Waals surface area contributed by atoms with Gasteiger partial charge in [-0.3, -0.25) is 9.59 Å². The Hall–Kier alpha value is -2.86. The van der Waals surface area contributed by atoms with Crippen LogP contribution in [0.2, 0.25) is 5.02 Å². The molecule has 0 saturated carbocycles. The van der Waals surface area contributed by atoms with E-state index in [2.05, 4.69) is 0 Å². The van der Waals surface area contributed by atoms with Gasteiger partial charge in [0, 0.05) is 11.8 Å². The molecule has 3 rings (SSSR count). The molecular weight excluding hydrogens is 379 g/mol. The van der Waals surface area contributed by atoms with Gasteiger partial charge in [-0.2, -0.15) is 13.2 Å². The Morgan fingerprint density at radius 2 is 1.56 bits per heavy atom. The first-order chi connectivity index (χ1) is 12.8. The highest BCUT2D eigenvalue weighted by atomic mass is 35.5. The molecule has 0 atom stereocenters. The highest BCUT2D eigenvalue weighted by Gasteiger charge is 2.32. The average Bonchev–Trinajstić information content (AvgIpc) is 2.65. The van der Waals surface area contributed by atoms with Crippen molar-refractivity contribution in [3.05, 3.63) is 93.4 Å². The fourth-order valence-corrected chi connectivity index (χ4v) is 2.82. The largest absolute Gasteiger partial charge is 0.417 e. The monoisotopic (exact) mass is 391 g/mol. The zero-order valence-corrected chi connectivity index (χ0v) is 14.6. The standard InChI is InChI=1S/C20H13ClF3NO2/c21-17-10-16(20(22,23)24)11-25(19(17)27)12-18(26)15-8-6-14(7-9-15)13-4-2-1-3-5-13/h1-11H,12H2. The van der Waals surface area contributed by atoms with Gasteiger partial charge in [-0.1, -0.05) is 66.2 Å². The average molecular weight is 392 g/mol. The van der Waals surface area contributed by atoms with Crippen LogP contribution in [0.4, 0.5) is 13.2 Å². The second kappa shape index (κ2) is 7.40. The first-order valence-corrected chi connectivity index (χ1v) is 8.29. The SMILES string of the molecule is O=C(Cn1cc(C(F)(F)F)cc(Cl)c1=O)c1ccc(-c2ccccc2)cc1. The first kappa shape index (κ1) is 18.9. The lowest BCUT2D eigenvalue weighted by Crippen LogP contribution is -2.26. The molecule has 0 amide bonds. The summed E-state index contributed by atoms with van der Waals surface area (Å²) in [4.78, 5) is 24.4. The number of Topliss-reactive ketones (excluding diaryl/α,β-unsaturated/α-hetero) is 1. The van der Waals surface area contributed by atoms with E-state index in [1.165, 1.54) is 0 Å². The van der Waals surface area contributed by atoms with Gasteiger partial charge >= 0.3 is 6.18 Å². The van der Waals surface area contributed by atoms with E-state index in [9.17, 15) is 22.8 Å². The summed E-state index contributed by atoms with van der Waals surface area (Å²) in [6, 6.07) is 16.7. The molecule has 27 heavy (non-hydrogen) atoms. The van der Waals surface area contributed by atoms with Crippen molar-refractivity contribution in [1.29, 1.82) is 0 Å². The van der Waals surface area contributed by atoms with Gasteiger partial charge in [0.2, 0.25) is 0 Å². The number of pyridine rings is 1. The molecule has 0 aliphatic heterocycles. The van der Waals surface area contributed by atoms with Crippen LogP contribution in [0.15, 0.2) is 71.7 Å². The van der Waals surface area contributed by atoms with Gasteiger partial charge in [-0.05, 0) is 17.2 Å². The second-order valence-corrected chi connectivity index (χ2v) is 6.28. The van der Waals surface area contributed by atoms with Crippen molar-refractivity contribution in [3.63, 3.8) is 0 Å². The molecule has 0 aliphatic rings. The quantitative estimate of drug-likeness (QED) is 0.582. The molecule has 1 aromatic heterocycles. The van der Waals surface area contributed by atoms with E-state index < -0.39 is 34.6 Å². The predicted molar refractivity (Wildman–Crippen MR) is 96.9 cm³/mol. The smallest absolute Gasteiger partial charge is 0.306 e. The van der Waals surface area contributed by atoms with Crippen molar-refractivity contribution in [2.24, 2.45) is 0 Å². The molecule has 0 spiro atoms. The van der Waals surface area contributed by atoms with Crippen LogP contribution in [0.1, 0.15) is 15.9 Å². The summed E-state index contributed by atoms with van der Waals surface area (Å²) in [7, 11) is 0. The van der Waals surface area contributed by atoms with E-state index in [1.807, 2.05) is 30.3 Å². The highest BCUT2D eigenvalue weighted by molar-refractivity contribution is 6.30. The van der Waals surface area contributed by atoms with E-state index in [0.29, 0.717) is 16.8 Å². The third kappa shape index (κ3) is 4.28. The maximum Gasteiger partial charge on any atom is 0.417 e. The number of alkyl halides is 3. The van der Waals surface area contributed by atoms with Gasteiger partial charge in [0.15, 0.2) is 5.78 Å². The molecule has 7 heteroatoms. The summed E-state index contributed by atoms with van der Waals surface area (Å²) >= 11 is 5.60. The summed E-state index contributed by atoms with van der Waals surface area (Å²) in [6.07, 6.45) is -4.07. The Balaban J connectivity index is 1.86. The fourth-order valence-electron chi connectivity index (χ4n) is 2.60. The molecular formula is C20H13ClF3NO2.